The normalized spacial score (nSPS) is 7.94. The van der Waals surface area contributed by atoms with Crippen LogP contribution in [-0.2, 0) is 0 Å². The summed E-state index contributed by atoms with van der Waals surface area (Å²) in [5.41, 5.74) is 1.32. The number of pyridine rings is 1. The SMILES string of the molecule is CCO.Cc1ccccc1.c1ccncc1. The average molecular weight is 217 g/mol. The van der Waals surface area contributed by atoms with Crippen molar-refractivity contribution in [1.29, 1.82) is 0 Å². The zero-order valence-corrected chi connectivity index (χ0v) is 9.88. The Bertz CT molecular complexity index is 294. The molecule has 1 aromatic carbocycles. The van der Waals surface area contributed by atoms with Crippen LogP contribution in [0.3, 0.4) is 0 Å². The summed E-state index contributed by atoms with van der Waals surface area (Å²) in [6.45, 7) is 4.01. The first-order valence-corrected chi connectivity index (χ1v) is 5.28. The molecule has 2 heteroatoms. The molecule has 0 aliphatic carbocycles. The summed E-state index contributed by atoms with van der Waals surface area (Å²) in [6, 6.07) is 16.0. The van der Waals surface area contributed by atoms with Crippen molar-refractivity contribution in [2.45, 2.75) is 13.8 Å². The highest BCUT2D eigenvalue weighted by molar-refractivity contribution is 5.11. The Labute approximate surface area is 97.6 Å². The molecule has 0 aliphatic heterocycles. The highest BCUT2D eigenvalue weighted by Gasteiger charge is 1.72. The molecule has 0 unspecified atom stereocenters. The Balaban J connectivity index is 0.000000230. The van der Waals surface area contributed by atoms with Crippen LogP contribution < -0.4 is 0 Å². The fraction of sp³-hybridized carbons (Fsp3) is 0.214. The maximum atomic E-state index is 7.57. The zero-order valence-electron chi connectivity index (χ0n) is 9.88. The molecule has 0 atom stereocenters. The maximum absolute atomic E-state index is 7.57. The van der Waals surface area contributed by atoms with E-state index in [1.807, 2.05) is 36.4 Å². The lowest BCUT2D eigenvalue weighted by molar-refractivity contribution is 0.318. The summed E-state index contributed by atoms with van der Waals surface area (Å²) < 4.78 is 0. The molecular weight excluding hydrogens is 198 g/mol. The lowest BCUT2D eigenvalue weighted by Gasteiger charge is -1.82. The first-order chi connectivity index (χ1) is 7.81. The quantitative estimate of drug-likeness (QED) is 0.735. The molecule has 2 rings (SSSR count). The lowest BCUT2D eigenvalue weighted by atomic mass is 10.2. The van der Waals surface area contributed by atoms with Gasteiger partial charge in [-0.05, 0) is 26.0 Å². The molecule has 1 aromatic heterocycles. The first kappa shape index (κ1) is 14.3. The second-order valence-electron chi connectivity index (χ2n) is 3.00. The summed E-state index contributed by atoms with van der Waals surface area (Å²) in [7, 11) is 0. The van der Waals surface area contributed by atoms with Crippen molar-refractivity contribution in [3.05, 3.63) is 66.5 Å². The second-order valence-corrected chi connectivity index (χ2v) is 3.00. The lowest BCUT2D eigenvalue weighted by Crippen LogP contribution is -1.62. The fourth-order valence-corrected chi connectivity index (χ4v) is 0.847. The van der Waals surface area contributed by atoms with Crippen LogP contribution in [0.4, 0.5) is 0 Å². The van der Waals surface area contributed by atoms with Crippen molar-refractivity contribution >= 4 is 0 Å². The monoisotopic (exact) mass is 217 g/mol. The van der Waals surface area contributed by atoms with E-state index in [0.717, 1.165) is 0 Å². The van der Waals surface area contributed by atoms with Gasteiger partial charge in [-0.25, -0.2) is 0 Å². The van der Waals surface area contributed by atoms with Gasteiger partial charge in [0.25, 0.3) is 0 Å². The number of rotatable bonds is 0. The summed E-state index contributed by atoms with van der Waals surface area (Å²) >= 11 is 0. The van der Waals surface area contributed by atoms with Crippen molar-refractivity contribution in [3.8, 4) is 0 Å². The van der Waals surface area contributed by atoms with E-state index < -0.39 is 0 Å². The van der Waals surface area contributed by atoms with Gasteiger partial charge in [-0.2, -0.15) is 0 Å². The number of benzene rings is 1. The number of aryl methyl sites for hydroxylation is 1. The Morgan fingerprint density at radius 1 is 0.938 bits per heavy atom. The van der Waals surface area contributed by atoms with Crippen LogP contribution >= 0.6 is 0 Å². The third-order valence-corrected chi connectivity index (χ3v) is 1.51. The minimum Gasteiger partial charge on any atom is -0.397 e. The molecule has 0 bridgehead atoms. The molecule has 0 saturated carbocycles. The van der Waals surface area contributed by atoms with Gasteiger partial charge in [-0.3, -0.25) is 4.98 Å². The van der Waals surface area contributed by atoms with E-state index in [1.54, 1.807) is 19.3 Å². The van der Waals surface area contributed by atoms with Crippen LogP contribution in [0, 0.1) is 6.92 Å². The van der Waals surface area contributed by atoms with Crippen LogP contribution in [-0.4, -0.2) is 16.7 Å². The Kier molecular flexibility index (Phi) is 10.2. The van der Waals surface area contributed by atoms with Gasteiger partial charge < -0.3 is 5.11 Å². The number of hydrogen-bond donors (Lipinski definition) is 1. The standard InChI is InChI=1S/C7H8.C5H5N.C2H6O/c1-7-5-3-2-4-6-7;1-2-4-6-5-3-1;1-2-3/h2-6H,1H3;1-5H;3H,2H2,1H3. The smallest absolute Gasteiger partial charge is 0.0402 e. The number of aromatic nitrogens is 1. The molecule has 1 N–H and O–H groups in total. The highest BCUT2D eigenvalue weighted by Crippen LogP contribution is 1.92. The summed E-state index contributed by atoms with van der Waals surface area (Å²) in [4.78, 5) is 3.78. The summed E-state index contributed by atoms with van der Waals surface area (Å²) in [6.07, 6.45) is 3.50. The van der Waals surface area contributed by atoms with Crippen molar-refractivity contribution in [2.24, 2.45) is 0 Å². The van der Waals surface area contributed by atoms with Gasteiger partial charge in [0.15, 0.2) is 0 Å². The van der Waals surface area contributed by atoms with Crippen LogP contribution in [0.1, 0.15) is 12.5 Å². The molecule has 0 saturated heterocycles. The number of nitrogens with zero attached hydrogens (tertiary/aromatic N) is 1. The van der Waals surface area contributed by atoms with Gasteiger partial charge in [-0.1, -0.05) is 42.0 Å². The molecule has 0 fully saturated rings. The molecule has 0 radical (unpaired) electrons. The largest absolute Gasteiger partial charge is 0.397 e. The third-order valence-electron chi connectivity index (χ3n) is 1.51. The Morgan fingerprint density at radius 2 is 1.38 bits per heavy atom. The fourth-order valence-electron chi connectivity index (χ4n) is 0.847. The van der Waals surface area contributed by atoms with Crippen molar-refractivity contribution in [2.75, 3.05) is 6.61 Å². The Morgan fingerprint density at radius 3 is 1.56 bits per heavy atom. The van der Waals surface area contributed by atoms with Gasteiger partial charge >= 0.3 is 0 Å². The van der Waals surface area contributed by atoms with Crippen molar-refractivity contribution in [1.82, 2.24) is 4.98 Å². The van der Waals surface area contributed by atoms with E-state index in [9.17, 15) is 0 Å². The highest BCUT2D eigenvalue weighted by atomic mass is 16.2. The molecule has 86 valence electrons. The Hall–Kier alpha value is -1.67. The predicted molar refractivity (Wildman–Crippen MR) is 68.2 cm³/mol. The zero-order chi connectivity index (χ0) is 12.1. The summed E-state index contributed by atoms with van der Waals surface area (Å²) in [5, 5.41) is 7.57. The molecular formula is C14H19NO. The van der Waals surface area contributed by atoms with E-state index in [-0.39, 0.29) is 6.61 Å². The van der Waals surface area contributed by atoms with Crippen LogP contribution in [0.15, 0.2) is 60.9 Å². The van der Waals surface area contributed by atoms with Crippen molar-refractivity contribution in [3.63, 3.8) is 0 Å². The molecule has 16 heavy (non-hydrogen) atoms. The van der Waals surface area contributed by atoms with Crippen LogP contribution in [0.5, 0.6) is 0 Å². The van der Waals surface area contributed by atoms with Crippen LogP contribution in [0.2, 0.25) is 0 Å². The molecule has 0 spiro atoms. The van der Waals surface area contributed by atoms with E-state index >= 15 is 0 Å². The predicted octanol–water partition coefficient (Wildman–Crippen LogP) is 3.08. The van der Waals surface area contributed by atoms with Crippen LogP contribution in [0.25, 0.3) is 0 Å². The average Bonchev–Trinajstić information content (AvgIpc) is 2.34. The number of aliphatic hydroxyl groups is 1. The van der Waals surface area contributed by atoms with Gasteiger partial charge in [0.1, 0.15) is 0 Å². The first-order valence-electron chi connectivity index (χ1n) is 5.28. The van der Waals surface area contributed by atoms with E-state index in [1.165, 1.54) is 5.56 Å². The van der Waals surface area contributed by atoms with E-state index in [0.29, 0.717) is 0 Å². The van der Waals surface area contributed by atoms with E-state index in [4.69, 9.17) is 5.11 Å². The van der Waals surface area contributed by atoms with Gasteiger partial charge in [0, 0.05) is 19.0 Å². The maximum Gasteiger partial charge on any atom is 0.0402 e. The van der Waals surface area contributed by atoms with E-state index in [2.05, 4.69) is 24.0 Å². The molecule has 1 heterocycles. The van der Waals surface area contributed by atoms with Gasteiger partial charge in [-0.15, -0.1) is 0 Å². The van der Waals surface area contributed by atoms with Crippen molar-refractivity contribution < 1.29 is 5.11 Å². The summed E-state index contributed by atoms with van der Waals surface area (Å²) in [5.74, 6) is 0. The van der Waals surface area contributed by atoms with Gasteiger partial charge in [0.2, 0.25) is 0 Å². The number of hydrogen-bond acceptors (Lipinski definition) is 2. The minimum atomic E-state index is 0.250. The topological polar surface area (TPSA) is 33.1 Å². The molecule has 0 aliphatic rings. The number of aliphatic hydroxyl groups excluding tert-OH is 1. The molecule has 2 aromatic rings. The second kappa shape index (κ2) is 11.4. The minimum absolute atomic E-state index is 0.250. The molecule has 0 amide bonds. The molecule has 2 nitrogen and oxygen atoms in total. The third kappa shape index (κ3) is 10.4. The van der Waals surface area contributed by atoms with Gasteiger partial charge in [0.05, 0.1) is 0 Å².